The monoisotopic (exact) mass is 397 g/mol. The Kier molecular flexibility index (Phi) is 7.80. The molecule has 2 amide bonds. The Labute approximate surface area is 173 Å². The molecule has 0 aromatic heterocycles. The summed E-state index contributed by atoms with van der Waals surface area (Å²) in [6.45, 7) is 5.71. The van der Waals surface area contributed by atoms with Crippen LogP contribution in [0, 0.1) is 0 Å². The Morgan fingerprint density at radius 2 is 1.89 bits per heavy atom. The average Bonchev–Trinajstić information content (AvgIpc) is 3.17. The molecule has 5 heteroatoms. The topological polar surface area (TPSA) is 35.6 Å². The van der Waals surface area contributed by atoms with E-state index in [1.54, 1.807) is 0 Å². The van der Waals surface area contributed by atoms with Crippen LogP contribution >= 0.6 is 11.8 Å². The summed E-state index contributed by atoms with van der Waals surface area (Å²) in [5.74, 6) is 1.12. The number of likely N-dealkylation sites (N-methyl/N-ethyl adjacent to an activating group) is 1. The zero-order chi connectivity index (χ0) is 19.8. The van der Waals surface area contributed by atoms with Crippen LogP contribution in [0.5, 0.6) is 0 Å². The molecule has 1 fully saturated rings. The fourth-order valence-corrected chi connectivity index (χ4v) is 4.23. The molecule has 0 aliphatic carbocycles. The first-order chi connectivity index (χ1) is 13.7. The van der Waals surface area contributed by atoms with Crippen LogP contribution in [0.2, 0.25) is 0 Å². The quantitative estimate of drug-likeness (QED) is 0.700. The SMILES string of the molecule is CCN(C(=O)Nc1ccc(CCSC)cc1)[C@H]1CCN(Cc2ccccc2)C1. The van der Waals surface area contributed by atoms with Crippen LogP contribution in [-0.2, 0) is 13.0 Å². The molecular formula is C23H31N3OS. The molecule has 1 heterocycles. The lowest BCUT2D eigenvalue weighted by molar-refractivity contribution is 0.189. The van der Waals surface area contributed by atoms with Crippen molar-refractivity contribution in [3.8, 4) is 0 Å². The van der Waals surface area contributed by atoms with Gasteiger partial charge < -0.3 is 10.2 Å². The summed E-state index contributed by atoms with van der Waals surface area (Å²) in [5, 5.41) is 3.08. The smallest absolute Gasteiger partial charge is 0.320 e. The van der Waals surface area contributed by atoms with Gasteiger partial charge >= 0.3 is 6.03 Å². The maximum absolute atomic E-state index is 12.8. The van der Waals surface area contributed by atoms with E-state index in [0.717, 1.165) is 50.5 Å². The minimum atomic E-state index is 0.00549. The number of nitrogens with zero attached hydrogens (tertiary/aromatic N) is 2. The first kappa shape index (κ1) is 20.7. The molecule has 0 spiro atoms. The van der Waals surface area contributed by atoms with Crippen LogP contribution in [-0.4, -0.2) is 53.5 Å². The summed E-state index contributed by atoms with van der Waals surface area (Å²) in [7, 11) is 0. The van der Waals surface area contributed by atoms with Crippen LogP contribution in [0.4, 0.5) is 10.5 Å². The van der Waals surface area contributed by atoms with E-state index >= 15 is 0 Å². The molecule has 150 valence electrons. The number of rotatable bonds is 8. The van der Waals surface area contributed by atoms with E-state index in [2.05, 4.69) is 65.9 Å². The standard InChI is InChI=1S/C23H31N3OS/c1-3-26(22-13-15-25(18-22)17-20-7-5-4-6-8-20)23(27)24-21-11-9-19(10-12-21)14-16-28-2/h4-12,22H,3,13-18H2,1-2H3,(H,24,27)/t22-/m0/s1. The van der Waals surface area contributed by atoms with Crippen LogP contribution < -0.4 is 5.32 Å². The number of thioether (sulfide) groups is 1. The van der Waals surface area contributed by atoms with Gasteiger partial charge in [-0.3, -0.25) is 4.90 Å². The van der Waals surface area contributed by atoms with Gasteiger partial charge in [-0.15, -0.1) is 0 Å². The molecule has 1 aliphatic rings. The van der Waals surface area contributed by atoms with Crippen LogP contribution in [0.3, 0.4) is 0 Å². The van der Waals surface area contributed by atoms with Crippen LogP contribution in [0.15, 0.2) is 54.6 Å². The van der Waals surface area contributed by atoms with Gasteiger partial charge in [0.1, 0.15) is 0 Å². The Morgan fingerprint density at radius 3 is 2.57 bits per heavy atom. The molecule has 2 aromatic rings. The molecule has 28 heavy (non-hydrogen) atoms. The highest BCUT2D eigenvalue weighted by molar-refractivity contribution is 7.98. The molecule has 1 N–H and O–H groups in total. The fourth-order valence-electron chi connectivity index (χ4n) is 3.79. The van der Waals surface area contributed by atoms with Crippen molar-refractivity contribution in [2.75, 3.05) is 37.0 Å². The van der Waals surface area contributed by atoms with Crippen molar-refractivity contribution >= 4 is 23.5 Å². The summed E-state index contributed by atoms with van der Waals surface area (Å²) < 4.78 is 0. The fraction of sp³-hybridized carbons (Fsp3) is 0.435. The van der Waals surface area contributed by atoms with Crippen LogP contribution in [0.1, 0.15) is 24.5 Å². The molecule has 1 saturated heterocycles. The van der Waals surface area contributed by atoms with Gasteiger partial charge in [-0.05, 0) is 55.0 Å². The van der Waals surface area contributed by atoms with E-state index in [9.17, 15) is 4.79 Å². The second-order valence-corrected chi connectivity index (χ2v) is 8.30. The largest absolute Gasteiger partial charge is 0.322 e. The maximum Gasteiger partial charge on any atom is 0.322 e. The molecule has 3 rings (SSSR count). The number of carbonyl (C=O) groups is 1. The van der Waals surface area contributed by atoms with Gasteiger partial charge in [0, 0.05) is 37.9 Å². The molecule has 4 nitrogen and oxygen atoms in total. The van der Waals surface area contributed by atoms with Gasteiger partial charge in [0.15, 0.2) is 0 Å². The molecule has 0 saturated carbocycles. The highest BCUT2D eigenvalue weighted by Gasteiger charge is 2.29. The molecule has 1 aliphatic heterocycles. The molecule has 1 atom stereocenters. The van der Waals surface area contributed by atoms with Gasteiger partial charge in [-0.25, -0.2) is 4.79 Å². The zero-order valence-electron chi connectivity index (χ0n) is 16.9. The predicted molar refractivity (Wildman–Crippen MR) is 120 cm³/mol. The Balaban J connectivity index is 1.53. The molecule has 2 aromatic carbocycles. The van der Waals surface area contributed by atoms with Gasteiger partial charge in [-0.2, -0.15) is 11.8 Å². The Bertz CT molecular complexity index is 735. The summed E-state index contributed by atoms with van der Waals surface area (Å²) in [5.41, 5.74) is 3.51. The lowest BCUT2D eigenvalue weighted by atomic mass is 10.1. The third-order valence-corrected chi connectivity index (χ3v) is 5.95. The van der Waals surface area contributed by atoms with Crippen molar-refractivity contribution in [1.29, 1.82) is 0 Å². The number of aryl methyl sites for hydroxylation is 1. The second kappa shape index (κ2) is 10.5. The number of likely N-dealkylation sites (tertiary alicyclic amines) is 1. The lowest BCUT2D eigenvalue weighted by Crippen LogP contribution is -2.44. The van der Waals surface area contributed by atoms with Gasteiger partial charge in [0.2, 0.25) is 0 Å². The predicted octanol–water partition coefficient (Wildman–Crippen LogP) is 4.72. The number of carbonyl (C=O) groups excluding carboxylic acids is 1. The third kappa shape index (κ3) is 5.76. The van der Waals surface area contributed by atoms with E-state index in [-0.39, 0.29) is 12.1 Å². The third-order valence-electron chi connectivity index (χ3n) is 5.34. The van der Waals surface area contributed by atoms with Crippen molar-refractivity contribution in [1.82, 2.24) is 9.80 Å². The Morgan fingerprint density at radius 1 is 1.14 bits per heavy atom. The number of amides is 2. The van der Waals surface area contributed by atoms with Gasteiger partial charge in [-0.1, -0.05) is 42.5 Å². The summed E-state index contributed by atoms with van der Waals surface area (Å²) >= 11 is 1.85. The van der Waals surface area contributed by atoms with Crippen molar-refractivity contribution in [2.45, 2.75) is 32.4 Å². The lowest BCUT2D eigenvalue weighted by Gasteiger charge is -2.28. The number of anilines is 1. The number of hydrogen-bond donors (Lipinski definition) is 1. The maximum atomic E-state index is 12.8. The van der Waals surface area contributed by atoms with E-state index < -0.39 is 0 Å². The van der Waals surface area contributed by atoms with Crippen molar-refractivity contribution in [3.05, 3.63) is 65.7 Å². The van der Waals surface area contributed by atoms with E-state index in [0.29, 0.717) is 0 Å². The second-order valence-electron chi connectivity index (χ2n) is 7.32. The van der Waals surface area contributed by atoms with E-state index in [1.165, 1.54) is 11.1 Å². The summed E-state index contributed by atoms with van der Waals surface area (Å²) in [6.07, 6.45) is 4.22. The van der Waals surface area contributed by atoms with Gasteiger partial charge in [0.25, 0.3) is 0 Å². The summed E-state index contributed by atoms with van der Waals surface area (Å²) in [6, 6.07) is 19.1. The van der Waals surface area contributed by atoms with Crippen LogP contribution in [0.25, 0.3) is 0 Å². The van der Waals surface area contributed by atoms with Crippen molar-refractivity contribution in [2.24, 2.45) is 0 Å². The van der Waals surface area contributed by atoms with E-state index in [1.807, 2.05) is 28.8 Å². The van der Waals surface area contributed by atoms with Gasteiger partial charge in [0.05, 0.1) is 0 Å². The number of nitrogens with one attached hydrogen (secondary N) is 1. The highest BCUT2D eigenvalue weighted by atomic mass is 32.2. The van der Waals surface area contributed by atoms with Crippen molar-refractivity contribution < 1.29 is 4.79 Å². The molecule has 0 unspecified atom stereocenters. The normalized spacial score (nSPS) is 16.9. The zero-order valence-corrected chi connectivity index (χ0v) is 17.8. The molecule has 0 radical (unpaired) electrons. The number of urea groups is 1. The molecule has 0 bridgehead atoms. The average molecular weight is 398 g/mol. The first-order valence-electron chi connectivity index (χ1n) is 10.1. The Hall–Kier alpha value is -1.98. The first-order valence-corrected chi connectivity index (χ1v) is 11.5. The van der Waals surface area contributed by atoms with Crippen molar-refractivity contribution in [3.63, 3.8) is 0 Å². The number of benzene rings is 2. The minimum absolute atomic E-state index is 0.00549. The minimum Gasteiger partial charge on any atom is -0.320 e. The number of hydrogen-bond acceptors (Lipinski definition) is 3. The summed E-state index contributed by atoms with van der Waals surface area (Å²) in [4.78, 5) is 17.3. The highest BCUT2D eigenvalue weighted by Crippen LogP contribution is 2.20. The molecular weight excluding hydrogens is 366 g/mol. The van der Waals surface area contributed by atoms with E-state index in [4.69, 9.17) is 0 Å².